The molecule has 3 unspecified atom stereocenters. The average molecular weight is 1230 g/mol. The van der Waals surface area contributed by atoms with E-state index >= 15 is 0 Å². The van der Waals surface area contributed by atoms with Crippen molar-refractivity contribution in [2.24, 2.45) is 0 Å². The largest absolute Gasteiger partial charge is 0.510 e. The van der Waals surface area contributed by atoms with Crippen LogP contribution in [-0.2, 0) is 48.1 Å². The van der Waals surface area contributed by atoms with Crippen LogP contribution in [-0.4, -0.2) is 14.1 Å². The van der Waals surface area contributed by atoms with Crippen molar-refractivity contribution >= 4 is 32.8 Å². The topological polar surface area (TPSA) is 35.9 Å². The summed E-state index contributed by atoms with van der Waals surface area (Å²) in [6.07, 6.45) is 5.96. The maximum Gasteiger partial charge on any atom is 0.268 e. The Labute approximate surface area is 489 Å². The zero-order valence-electron chi connectivity index (χ0n) is 47.2. The van der Waals surface area contributed by atoms with Crippen molar-refractivity contribution < 1.29 is 30.4 Å². The number of aromatic nitrogens is 4. The van der Waals surface area contributed by atoms with Gasteiger partial charge < -0.3 is 13.9 Å². The van der Waals surface area contributed by atoms with E-state index in [9.17, 15) is 0 Å². The molecule has 0 amide bonds. The smallest absolute Gasteiger partial charge is 0.268 e. The SMILES string of the molecule is CC(C)(C)c1cc(-c2cccc(C34c5ccccc5C5c6ccccc6C53c3ccccc34)c2-[n+]2[c-]n(-c3[c-]c(Oc4[c-]c5c(cc4)c4ccccc4n5-c4cc(C(C)(C)C)ccn4)ccc3)c3ccccc32)cc(C(C)(C)C)c1.[Pt]. The number of para-hydroxylation sites is 4. The third kappa shape index (κ3) is 7.20. The molecule has 400 valence electrons. The van der Waals surface area contributed by atoms with Gasteiger partial charge in [0.05, 0.1) is 22.1 Å². The van der Waals surface area contributed by atoms with Gasteiger partial charge in [-0.25, -0.2) is 4.98 Å². The number of rotatable bonds is 7. The molecular formula is C75H62N4OPt-2. The molecule has 3 heterocycles. The molecule has 0 N–H and O–H groups in total. The van der Waals surface area contributed by atoms with Gasteiger partial charge in [0.15, 0.2) is 0 Å². The molecule has 1 spiro atoms. The minimum atomic E-state index is -0.516. The van der Waals surface area contributed by atoms with Gasteiger partial charge in [0.1, 0.15) is 5.82 Å². The second-order valence-electron chi connectivity index (χ2n) is 25.6. The van der Waals surface area contributed by atoms with Crippen molar-refractivity contribution in [2.75, 3.05) is 0 Å². The predicted octanol–water partition coefficient (Wildman–Crippen LogP) is 17.2. The van der Waals surface area contributed by atoms with Gasteiger partial charge in [-0.15, -0.1) is 29.7 Å². The predicted molar refractivity (Wildman–Crippen MR) is 323 cm³/mol. The number of pyridine rings is 1. The molecule has 81 heavy (non-hydrogen) atoms. The normalized spacial score (nSPS) is 17.8. The van der Waals surface area contributed by atoms with Gasteiger partial charge >= 0.3 is 0 Å². The van der Waals surface area contributed by atoms with E-state index in [1.807, 2.05) is 18.3 Å². The molecule has 3 aliphatic rings. The van der Waals surface area contributed by atoms with E-state index in [1.165, 1.54) is 61.2 Å². The molecule has 0 bridgehead atoms. The van der Waals surface area contributed by atoms with Gasteiger partial charge in [0.25, 0.3) is 6.33 Å². The van der Waals surface area contributed by atoms with Crippen LogP contribution in [0.15, 0.2) is 206 Å². The Hall–Kier alpha value is -8.11. The molecule has 15 rings (SSSR count). The van der Waals surface area contributed by atoms with Crippen molar-refractivity contribution in [1.82, 2.24) is 14.1 Å². The number of imidazole rings is 1. The van der Waals surface area contributed by atoms with E-state index < -0.39 is 5.41 Å². The Balaban J connectivity index is 0.00000589. The van der Waals surface area contributed by atoms with E-state index in [0.29, 0.717) is 11.5 Å². The van der Waals surface area contributed by atoms with Gasteiger partial charge in [-0.1, -0.05) is 219 Å². The third-order valence-electron chi connectivity index (χ3n) is 18.0. The van der Waals surface area contributed by atoms with Crippen molar-refractivity contribution in [3.63, 3.8) is 0 Å². The summed E-state index contributed by atoms with van der Waals surface area (Å²) in [5, 5.41) is 2.22. The van der Waals surface area contributed by atoms with E-state index in [1.54, 1.807) is 0 Å². The van der Waals surface area contributed by atoms with Gasteiger partial charge in [-0.2, -0.15) is 18.2 Å². The molecule has 3 aliphatic carbocycles. The number of nitrogens with zero attached hydrogens (tertiary/aromatic N) is 4. The van der Waals surface area contributed by atoms with Crippen LogP contribution in [0.25, 0.3) is 61.2 Å². The molecule has 3 atom stereocenters. The Morgan fingerprint density at radius 2 is 1.11 bits per heavy atom. The minimum absolute atomic E-state index is 0. The van der Waals surface area contributed by atoms with Crippen molar-refractivity contribution in [1.29, 1.82) is 0 Å². The maximum absolute atomic E-state index is 6.83. The van der Waals surface area contributed by atoms with E-state index in [2.05, 4.69) is 283 Å². The first-order chi connectivity index (χ1) is 38.6. The number of hydrogen-bond donors (Lipinski definition) is 0. The van der Waals surface area contributed by atoms with Crippen LogP contribution in [0.4, 0.5) is 0 Å². The molecular weight excluding hydrogens is 1170 g/mol. The molecule has 9 aromatic carbocycles. The van der Waals surface area contributed by atoms with Crippen LogP contribution in [0.1, 0.15) is 124 Å². The quantitative estimate of drug-likeness (QED) is 0.118. The van der Waals surface area contributed by atoms with Gasteiger partial charge in [0.2, 0.25) is 0 Å². The molecule has 0 fully saturated rings. The van der Waals surface area contributed by atoms with Crippen molar-refractivity contribution in [3.8, 4) is 39.8 Å². The van der Waals surface area contributed by atoms with E-state index in [0.717, 1.165) is 55.6 Å². The molecule has 0 aliphatic heterocycles. The monoisotopic (exact) mass is 1230 g/mol. The number of fused-ring (bicyclic) bond motifs is 11. The number of hydrogen-bond acceptors (Lipinski definition) is 2. The van der Waals surface area contributed by atoms with Gasteiger partial charge in [0, 0.05) is 55.6 Å². The molecule has 3 aromatic heterocycles. The molecule has 0 saturated heterocycles. The molecule has 5 nitrogen and oxygen atoms in total. The fourth-order valence-corrected chi connectivity index (χ4v) is 14.3. The summed E-state index contributed by atoms with van der Waals surface area (Å²) in [4.78, 5) is 4.92. The summed E-state index contributed by atoms with van der Waals surface area (Å²) < 4.78 is 13.6. The molecule has 12 aromatic rings. The number of ether oxygens (including phenoxy) is 1. The number of benzene rings is 9. The van der Waals surface area contributed by atoms with Crippen molar-refractivity contribution in [2.45, 2.75) is 95.3 Å². The second kappa shape index (κ2) is 17.9. The summed E-state index contributed by atoms with van der Waals surface area (Å²) in [6, 6.07) is 81.5. The summed E-state index contributed by atoms with van der Waals surface area (Å²) in [5.74, 6) is 2.22. The van der Waals surface area contributed by atoms with Crippen LogP contribution in [0.3, 0.4) is 0 Å². The zero-order valence-corrected chi connectivity index (χ0v) is 49.5. The fraction of sp³-hybridized carbons (Fsp3) is 0.200. The maximum atomic E-state index is 6.83. The molecule has 0 saturated carbocycles. The standard InChI is InChI=1S/C75H62N4O.Pt/c1-71(2,3)48-38-39-76-68(43-48)79-64-33-17-12-24-55(64)56-37-36-53(45-67(56)79)80-52-23-20-22-51(44-52)77-46-78(66-35-19-18-34-65(66)77)70-54(47-40-49(72(4,5)6)42-50(41-47)73(7,8)9)27-21-32-63(70)74-59-28-13-10-25-57(59)69-58-26-11-14-29-60(58)75(69,74)62-31-16-15-30-61(62)74;/h10-43,69H,1-9H3;/q-2;. The van der Waals surface area contributed by atoms with Gasteiger partial charge in [-0.3, -0.25) is 4.57 Å². The summed E-state index contributed by atoms with van der Waals surface area (Å²) in [6.45, 7) is 20.7. The summed E-state index contributed by atoms with van der Waals surface area (Å²) >= 11 is 0. The average Bonchev–Trinajstić information content (AvgIpc) is 1.96. The zero-order chi connectivity index (χ0) is 54.7. The van der Waals surface area contributed by atoms with Crippen LogP contribution >= 0.6 is 0 Å². The van der Waals surface area contributed by atoms with Crippen LogP contribution in [0.5, 0.6) is 11.5 Å². The van der Waals surface area contributed by atoms with Gasteiger partial charge in [-0.05, 0) is 112 Å². The minimum Gasteiger partial charge on any atom is -0.510 e. The van der Waals surface area contributed by atoms with E-state index in [4.69, 9.17) is 9.72 Å². The molecule has 6 heteroatoms. The second-order valence-corrected chi connectivity index (χ2v) is 25.6. The molecule has 0 radical (unpaired) electrons. The van der Waals surface area contributed by atoms with Crippen LogP contribution < -0.4 is 9.30 Å². The van der Waals surface area contributed by atoms with Crippen LogP contribution in [0.2, 0.25) is 0 Å². The summed E-state index contributed by atoms with van der Waals surface area (Å²) in [7, 11) is 0. The fourth-order valence-electron chi connectivity index (χ4n) is 14.3. The van der Waals surface area contributed by atoms with Crippen LogP contribution in [0, 0.1) is 18.5 Å². The third-order valence-corrected chi connectivity index (χ3v) is 18.0. The van der Waals surface area contributed by atoms with E-state index in [-0.39, 0.29) is 48.6 Å². The first kappa shape index (κ1) is 51.1. The first-order valence-corrected chi connectivity index (χ1v) is 28.2. The van der Waals surface area contributed by atoms with Crippen molar-refractivity contribution in [3.05, 3.63) is 280 Å². The summed E-state index contributed by atoms with van der Waals surface area (Å²) in [5.41, 5.74) is 20.8. The Morgan fingerprint density at radius 3 is 1.85 bits per heavy atom. The Bertz CT molecular complexity index is 4520. The Morgan fingerprint density at radius 1 is 0.506 bits per heavy atom. The first-order valence-electron chi connectivity index (χ1n) is 28.2. The Kier molecular flexibility index (Phi) is 11.3.